The van der Waals surface area contributed by atoms with Crippen molar-refractivity contribution < 1.29 is 142 Å². The quantitative estimate of drug-likeness (QED) is 0.0547. The van der Waals surface area contributed by atoms with Crippen LogP contribution in [-0.4, -0.2) is 101 Å². The standard InChI is InChI=1S/C12H12N2O2.C11H10N2O3.CH2O3.3K/c1-6-4-13-7(2)11-10(6)9(5-14-11)12(16)8(3)15;1-5-3-12-6(2)9-8(5)7(4-13-9)10(14)11(15)16;2-1-4-3;;;/h4-5,14H,1-3H3;3-4,13H,1-2H3,(H,15,16);1,3H;;;/q;;;;2*+1/p-2. The topological polar surface area (TPSA) is 198 Å². The Morgan fingerprint density at radius 2 is 1.18 bits per heavy atom. The predicted molar refractivity (Wildman–Crippen MR) is 128 cm³/mol. The Morgan fingerprint density at radius 3 is 1.49 bits per heavy atom. The number of pyridine rings is 2. The third kappa shape index (κ3) is 10.5. The first-order chi connectivity index (χ1) is 17.0. The van der Waals surface area contributed by atoms with Gasteiger partial charge in [0.05, 0.1) is 28.0 Å². The number of carbonyl (C=O) groups is 5. The van der Waals surface area contributed by atoms with E-state index in [1.54, 1.807) is 32.4 Å². The third-order valence-corrected chi connectivity index (χ3v) is 5.21. The zero-order chi connectivity index (χ0) is 27.2. The van der Waals surface area contributed by atoms with E-state index < -0.39 is 23.3 Å². The fourth-order valence-corrected chi connectivity index (χ4v) is 3.54. The van der Waals surface area contributed by atoms with Crippen molar-refractivity contribution in [2.24, 2.45) is 0 Å². The summed E-state index contributed by atoms with van der Waals surface area (Å²) in [5, 5.41) is 20.4. The van der Waals surface area contributed by atoms with Crippen molar-refractivity contribution in [3.05, 3.63) is 58.4 Å². The molecule has 0 amide bonds. The van der Waals surface area contributed by atoms with Gasteiger partial charge in [-0.3, -0.25) is 29.1 Å². The number of fused-ring (bicyclic) bond motifs is 2. The number of Topliss-reactive ketones (excluding diaryl/α,β-unsaturated/α-hetero) is 3. The van der Waals surface area contributed by atoms with Crippen molar-refractivity contribution in [2.75, 3.05) is 0 Å². The van der Waals surface area contributed by atoms with E-state index in [4.69, 9.17) is 10.1 Å². The van der Waals surface area contributed by atoms with Gasteiger partial charge < -0.3 is 30.0 Å². The van der Waals surface area contributed by atoms with E-state index in [0.717, 1.165) is 33.4 Å². The molecule has 4 aromatic heterocycles. The van der Waals surface area contributed by atoms with Gasteiger partial charge in [0.25, 0.3) is 6.47 Å². The van der Waals surface area contributed by atoms with E-state index in [1.165, 1.54) is 13.1 Å². The summed E-state index contributed by atoms with van der Waals surface area (Å²) >= 11 is 0. The maximum Gasteiger partial charge on any atom is 1.00 e. The van der Waals surface area contributed by atoms with Gasteiger partial charge in [-0.15, -0.1) is 0 Å². The Hall–Kier alpha value is 0.199. The van der Waals surface area contributed by atoms with Crippen LogP contribution in [0.3, 0.4) is 0 Å². The van der Waals surface area contributed by atoms with Crippen molar-refractivity contribution in [1.82, 2.24) is 19.9 Å². The van der Waals surface area contributed by atoms with E-state index in [2.05, 4.69) is 24.8 Å². The molecule has 0 atom stereocenters. The molecule has 4 heterocycles. The number of H-pyrrole nitrogens is 2. The minimum Gasteiger partial charge on any atom is -0.662 e. The van der Waals surface area contributed by atoms with E-state index in [9.17, 15) is 24.3 Å². The van der Waals surface area contributed by atoms with Crippen LogP contribution in [0.25, 0.3) is 21.8 Å². The molecule has 0 fully saturated rings. The number of carbonyl (C=O) groups excluding carboxylic acids is 5. The molecule has 4 aromatic rings. The van der Waals surface area contributed by atoms with Crippen LogP contribution in [0.2, 0.25) is 0 Å². The second-order valence-electron chi connectivity index (χ2n) is 7.65. The van der Waals surface area contributed by atoms with Crippen molar-refractivity contribution in [3.8, 4) is 0 Å². The second-order valence-corrected chi connectivity index (χ2v) is 7.65. The van der Waals surface area contributed by atoms with Gasteiger partial charge in [-0.2, -0.15) is 0 Å². The normalized spacial score (nSPS) is 9.28. The molecule has 12 nitrogen and oxygen atoms in total. The number of aryl methyl sites for hydroxylation is 4. The van der Waals surface area contributed by atoms with Gasteiger partial charge in [-0.1, -0.05) is 0 Å². The molecule has 0 bridgehead atoms. The van der Waals surface area contributed by atoms with Gasteiger partial charge in [0.2, 0.25) is 11.6 Å². The van der Waals surface area contributed by atoms with E-state index >= 15 is 0 Å². The molecule has 0 aliphatic rings. The molecule has 2 N–H and O–H groups in total. The Morgan fingerprint density at radius 1 is 0.821 bits per heavy atom. The van der Waals surface area contributed by atoms with Gasteiger partial charge in [0.1, 0.15) is 5.97 Å². The van der Waals surface area contributed by atoms with E-state index in [-0.39, 0.29) is 166 Å². The van der Waals surface area contributed by atoms with Crippen molar-refractivity contribution in [1.29, 1.82) is 0 Å². The molecule has 0 aliphatic heterocycles. The number of aromatic nitrogens is 4. The third-order valence-electron chi connectivity index (χ3n) is 5.21. The van der Waals surface area contributed by atoms with Crippen LogP contribution in [0, 0.1) is 27.7 Å². The van der Waals surface area contributed by atoms with E-state index in [0.29, 0.717) is 16.5 Å². The molecule has 4 rings (SSSR count). The summed E-state index contributed by atoms with van der Waals surface area (Å²) in [5.74, 6) is -3.62. The summed E-state index contributed by atoms with van der Waals surface area (Å²) in [7, 11) is 0. The summed E-state index contributed by atoms with van der Waals surface area (Å²) in [6.07, 6.45) is 6.28. The fraction of sp³-hybridized carbons (Fsp3) is 0.208. The Bertz CT molecular complexity index is 1390. The molecule has 0 saturated carbocycles. The van der Waals surface area contributed by atoms with Crippen molar-refractivity contribution >= 4 is 103 Å². The Labute approximate surface area is 351 Å². The number of carboxylic acid groups (broad SMARTS) is 1. The van der Waals surface area contributed by atoms with Crippen LogP contribution in [-0.2, 0) is 19.3 Å². The number of hydrogen-bond donors (Lipinski definition) is 2. The molecule has 0 aliphatic carbocycles. The molecule has 0 spiro atoms. The van der Waals surface area contributed by atoms with Gasteiger partial charge >= 0.3 is 103 Å². The number of nitrogens with one attached hydrogen (secondary N) is 2. The first-order valence-corrected chi connectivity index (χ1v) is 10.4. The van der Waals surface area contributed by atoms with Crippen LogP contribution in [0.1, 0.15) is 50.2 Å². The molecule has 189 valence electrons. The van der Waals surface area contributed by atoms with Gasteiger partial charge in [0.15, 0.2) is 5.78 Å². The zero-order valence-electron chi connectivity index (χ0n) is 23.0. The summed E-state index contributed by atoms with van der Waals surface area (Å²) in [5.41, 5.74) is 5.26. The number of aliphatic carboxylic acids is 1. The van der Waals surface area contributed by atoms with Crippen LogP contribution < -0.4 is 113 Å². The molecule has 15 heteroatoms. The first kappa shape index (κ1) is 41.3. The largest absolute Gasteiger partial charge is 1.00 e. The average Bonchev–Trinajstić information content (AvgIpc) is 3.50. The van der Waals surface area contributed by atoms with Crippen molar-refractivity contribution in [2.45, 2.75) is 34.6 Å². The number of hydrogen-bond acceptors (Lipinski definition) is 10. The molecule has 0 aromatic carbocycles. The smallest absolute Gasteiger partial charge is 0.662 e. The number of ketones is 3. The molecular formula is C24H22K3N4O8. The zero-order valence-corrected chi connectivity index (χ0v) is 32.4. The summed E-state index contributed by atoms with van der Waals surface area (Å²) < 4.78 is 0. The first-order valence-electron chi connectivity index (χ1n) is 10.4. The predicted octanol–water partition coefficient (Wildman–Crippen LogP) is -5.87. The molecular weight excluding hydrogens is 590 g/mol. The molecule has 1 radical (unpaired) electrons. The van der Waals surface area contributed by atoms with Crippen LogP contribution >= 0.6 is 0 Å². The summed E-state index contributed by atoms with van der Waals surface area (Å²) in [4.78, 5) is 70.1. The second kappa shape index (κ2) is 19.4. The fourth-order valence-electron chi connectivity index (χ4n) is 3.54. The minimum atomic E-state index is -1.70. The maximum atomic E-state index is 11.7. The maximum absolute atomic E-state index is 11.7. The summed E-state index contributed by atoms with van der Waals surface area (Å²) in [6, 6.07) is 0. The Kier molecular flexibility index (Phi) is 20.6. The Balaban J connectivity index is 0. The van der Waals surface area contributed by atoms with Gasteiger partial charge in [0, 0.05) is 99.4 Å². The van der Waals surface area contributed by atoms with Crippen LogP contribution in [0.4, 0.5) is 0 Å². The van der Waals surface area contributed by atoms with Crippen molar-refractivity contribution in [3.63, 3.8) is 0 Å². The summed E-state index contributed by atoms with van der Waals surface area (Å²) in [6.45, 7) is 8.39. The number of rotatable bonds is 5. The molecule has 0 saturated heterocycles. The van der Waals surface area contributed by atoms with Gasteiger partial charge in [-0.25, -0.2) is 0 Å². The van der Waals surface area contributed by atoms with E-state index in [1.807, 2.05) is 13.8 Å². The average molecular weight is 612 g/mol. The molecule has 39 heavy (non-hydrogen) atoms. The minimum absolute atomic E-state index is 0. The monoisotopic (exact) mass is 611 g/mol. The number of carboxylic acids is 1. The van der Waals surface area contributed by atoms with Crippen LogP contribution in [0.5, 0.6) is 0 Å². The number of nitrogens with zero attached hydrogens (tertiary/aromatic N) is 2. The van der Waals surface area contributed by atoms with Crippen LogP contribution in [0.15, 0.2) is 24.8 Å². The SMILES string of the molecule is CC(=O)C(=O)c1c[nH]c2c(C)ncc(C)c12.Cc1ncc(C)c2c(C(=O)C(=O)[O-])c[nH]c12.O=CO[O-].[K+].[K+].[K]. The van der Waals surface area contributed by atoms with Gasteiger partial charge in [-0.05, 0) is 38.8 Å². The number of aromatic amines is 2. The molecule has 0 unspecified atom stereocenters.